The maximum absolute atomic E-state index is 3.30. The topological polar surface area (TPSA) is 0 Å². The zero-order valence-electron chi connectivity index (χ0n) is 3.43. The van der Waals surface area contributed by atoms with Crippen molar-refractivity contribution in [2.24, 2.45) is 0 Å². The summed E-state index contributed by atoms with van der Waals surface area (Å²) >= 11 is 4.99. The number of halogens is 1. The summed E-state index contributed by atoms with van der Waals surface area (Å²) in [5.41, 5.74) is 0. The Bertz CT molecular complexity index is 115. The Morgan fingerprint density at radius 3 is 2.43 bits per heavy atom. The molecule has 1 heterocycles. The fourth-order valence-electron chi connectivity index (χ4n) is 0.259. The molecule has 0 unspecified atom stereocenters. The molecule has 0 N–H and O–H groups in total. The van der Waals surface area contributed by atoms with Gasteiger partial charge in [0.2, 0.25) is 0 Å². The Balaban J connectivity index is 0.000000360. The molecular weight excluding hydrogens is 215 g/mol. The molecule has 3 heteroatoms. The van der Waals surface area contributed by atoms with Crippen LogP contribution in [-0.4, -0.2) is 0 Å². The second-order valence-corrected chi connectivity index (χ2v) is 2.88. The van der Waals surface area contributed by atoms with E-state index in [1.165, 1.54) is 3.78 Å². The summed E-state index contributed by atoms with van der Waals surface area (Å²) in [6.45, 7) is 0. The summed E-state index contributed by atoms with van der Waals surface area (Å²) in [6.07, 6.45) is 0. The van der Waals surface area contributed by atoms with Crippen LogP contribution in [0.4, 0.5) is 0 Å². The van der Waals surface area contributed by atoms with Gasteiger partial charge in [-0.05, 0) is 0 Å². The van der Waals surface area contributed by atoms with Crippen LogP contribution in [0.3, 0.4) is 0 Å². The summed E-state index contributed by atoms with van der Waals surface area (Å²) in [5, 5.41) is 2.03. The van der Waals surface area contributed by atoms with Crippen LogP contribution in [0.15, 0.2) is 17.5 Å². The summed E-state index contributed by atoms with van der Waals surface area (Å²) in [7, 11) is 0. The van der Waals surface area contributed by atoms with Gasteiger partial charge in [0.15, 0.2) is 0 Å². The molecule has 0 nitrogen and oxygen atoms in total. The molecule has 7 heavy (non-hydrogen) atoms. The molecule has 0 spiro atoms. The van der Waals surface area contributed by atoms with E-state index in [1.54, 1.807) is 11.3 Å². The molecule has 0 aliphatic heterocycles. The second kappa shape index (κ2) is 3.67. The van der Waals surface area contributed by atoms with Gasteiger partial charge in [-0.25, -0.2) is 0 Å². The number of hydrogen-bond acceptors (Lipinski definition) is 1. The quantitative estimate of drug-likeness (QED) is 0.580. The van der Waals surface area contributed by atoms with Crippen LogP contribution < -0.4 is 3.78 Å². The van der Waals surface area contributed by atoms with Crippen molar-refractivity contribution in [3.63, 3.8) is 0 Å². The SMILES string of the molecule is Br.[Mn][c]1cccs1. The van der Waals surface area contributed by atoms with Gasteiger partial charge in [0.1, 0.15) is 0 Å². The molecule has 0 fully saturated rings. The Morgan fingerprint density at radius 2 is 2.29 bits per heavy atom. The van der Waals surface area contributed by atoms with Crippen LogP contribution in [0.5, 0.6) is 0 Å². The van der Waals surface area contributed by atoms with E-state index >= 15 is 0 Å². The third-order valence-electron chi connectivity index (χ3n) is 0.486. The molecule has 0 saturated carbocycles. The molecule has 1 aromatic rings. The maximum atomic E-state index is 3.30. The summed E-state index contributed by atoms with van der Waals surface area (Å²) in [5.74, 6) is 0. The first-order valence-electron chi connectivity index (χ1n) is 1.58. The van der Waals surface area contributed by atoms with E-state index in [0.717, 1.165) is 0 Å². The molecular formula is C4H4BrMnS. The van der Waals surface area contributed by atoms with Gasteiger partial charge in [-0.1, -0.05) is 0 Å². The van der Waals surface area contributed by atoms with Gasteiger partial charge in [-0.3, -0.25) is 0 Å². The Kier molecular flexibility index (Phi) is 4.04. The fraction of sp³-hybridized carbons (Fsp3) is 0. The molecule has 0 radical (unpaired) electrons. The Morgan fingerprint density at radius 1 is 1.57 bits per heavy atom. The van der Waals surface area contributed by atoms with Crippen molar-refractivity contribution in [3.05, 3.63) is 17.5 Å². The van der Waals surface area contributed by atoms with Gasteiger partial charge in [0, 0.05) is 0 Å². The van der Waals surface area contributed by atoms with Crippen molar-refractivity contribution in [1.82, 2.24) is 0 Å². The molecule has 1 aromatic heterocycles. The molecule has 0 aromatic carbocycles. The van der Waals surface area contributed by atoms with E-state index in [9.17, 15) is 0 Å². The molecule has 1 rings (SSSR count). The minimum atomic E-state index is 0. The first-order chi connectivity index (χ1) is 2.89. The summed E-state index contributed by atoms with van der Waals surface area (Å²) in [4.78, 5) is 0. The Hall–Kier alpha value is 0.699. The minimum absolute atomic E-state index is 0. The van der Waals surface area contributed by atoms with Gasteiger partial charge < -0.3 is 0 Å². The fourth-order valence-corrected chi connectivity index (χ4v) is 1.06. The van der Waals surface area contributed by atoms with Crippen LogP contribution in [0.2, 0.25) is 0 Å². The average Bonchev–Trinajstić information content (AvgIpc) is 1.86. The second-order valence-electron chi connectivity index (χ2n) is 0.917. The number of rotatable bonds is 0. The summed E-state index contributed by atoms with van der Waals surface area (Å²) in [6, 6.07) is 4.03. The van der Waals surface area contributed by atoms with Crippen molar-refractivity contribution in [2.45, 2.75) is 0 Å². The third-order valence-corrected chi connectivity index (χ3v) is 1.76. The summed E-state index contributed by atoms with van der Waals surface area (Å²) < 4.78 is 1.20. The standard InChI is InChI=1S/C4H3S.BrH.Mn/c1-2-4-5-3-1;;/h1-3H;1H;. The molecule has 0 aliphatic rings. The van der Waals surface area contributed by atoms with Crippen LogP contribution in [0.25, 0.3) is 0 Å². The number of hydrogen-bond donors (Lipinski definition) is 0. The Labute approximate surface area is 65.5 Å². The van der Waals surface area contributed by atoms with Crippen LogP contribution in [-0.2, 0) is 16.0 Å². The van der Waals surface area contributed by atoms with Gasteiger partial charge in [-0.15, -0.1) is 17.0 Å². The molecule has 0 saturated heterocycles. The van der Waals surface area contributed by atoms with E-state index < -0.39 is 0 Å². The first kappa shape index (κ1) is 7.70. The third kappa shape index (κ3) is 2.50. The van der Waals surface area contributed by atoms with Gasteiger partial charge in [0.05, 0.1) is 0 Å². The average molecular weight is 219 g/mol. The molecule has 40 valence electrons. The van der Waals surface area contributed by atoms with E-state index in [-0.39, 0.29) is 17.0 Å². The molecule has 0 amide bonds. The monoisotopic (exact) mass is 218 g/mol. The number of thiophene rings is 1. The van der Waals surface area contributed by atoms with E-state index in [1.807, 2.05) is 17.5 Å². The normalized spacial score (nSPS) is 7.57. The van der Waals surface area contributed by atoms with Crippen molar-refractivity contribution in [2.75, 3.05) is 0 Å². The zero-order valence-corrected chi connectivity index (χ0v) is 7.14. The first-order valence-corrected chi connectivity index (χ1v) is 3.05. The predicted molar refractivity (Wildman–Crippen MR) is 34.3 cm³/mol. The van der Waals surface area contributed by atoms with E-state index in [4.69, 9.17) is 0 Å². The molecule has 0 bridgehead atoms. The van der Waals surface area contributed by atoms with Gasteiger partial charge in [-0.2, -0.15) is 0 Å². The van der Waals surface area contributed by atoms with Crippen molar-refractivity contribution in [3.8, 4) is 0 Å². The predicted octanol–water partition coefficient (Wildman–Crippen LogP) is 1.50. The van der Waals surface area contributed by atoms with Crippen LogP contribution >= 0.6 is 28.3 Å². The molecule has 0 atom stereocenters. The van der Waals surface area contributed by atoms with Gasteiger partial charge >= 0.3 is 48.6 Å². The van der Waals surface area contributed by atoms with Crippen LogP contribution in [0.1, 0.15) is 0 Å². The van der Waals surface area contributed by atoms with E-state index in [0.29, 0.717) is 0 Å². The van der Waals surface area contributed by atoms with Crippen molar-refractivity contribution < 1.29 is 16.0 Å². The molecule has 0 aliphatic carbocycles. The van der Waals surface area contributed by atoms with Gasteiger partial charge in [0.25, 0.3) is 0 Å². The zero-order chi connectivity index (χ0) is 4.41. The van der Waals surface area contributed by atoms with Crippen LogP contribution in [0, 0.1) is 0 Å². The van der Waals surface area contributed by atoms with E-state index in [2.05, 4.69) is 16.0 Å². The van der Waals surface area contributed by atoms with Crippen molar-refractivity contribution in [1.29, 1.82) is 0 Å². The van der Waals surface area contributed by atoms with Crippen molar-refractivity contribution >= 4 is 32.1 Å².